The fourth-order valence-electron chi connectivity index (χ4n) is 2.83. The molecule has 0 amide bonds. The predicted octanol–water partition coefficient (Wildman–Crippen LogP) is 2.97. The van der Waals surface area contributed by atoms with Crippen molar-refractivity contribution in [1.82, 2.24) is 15.3 Å². The number of rotatable bonds is 2. The minimum absolute atomic E-state index is 0.259. The van der Waals surface area contributed by atoms with Gasteiger partial charge in [0, 0.05) is 23.5 Å². The maximum absolute atomic E-state index is 5.38. The molecule has 100 valence electrons. The SMILES string of the molecule is CNC1CC(C)(C)Cc2nc(-c3ccco3)ncc21. The van der Waals surface area contributed by atoms with E-state index in [0.29, 0.717) is 11.9 Å². The predicted molar refractivity (Wildman–Crippen MR) is 73.6 cm³/mol. The Morgan fingerprint density at radius 3 is 2.95 bits per heavy atom. The van der Waals surface area contributed by atoms with Crippen LogP contribution in [0.5, 0.6) is 0 Å². The fraction of sp³-hybridized carbons (Fsp3) is 0.467. The van der Waals surface area contributed by atoms with Crippen molar-refractivity contribution in [3.05, 3.63) is 35.9 Å². The van der Waals surface area contributed by atoms with Crippen LogP contribution in [0.4, 0.5) is 0 Å². The third-order valence-electron chi connectivity index (χ3n) is 3.77. The summed E-state index contributed by atoms with van der Waals surface area (Å²) in [5.41, 5.74) is 2.62. The summed E-state index contributed by atoms with van der Waals surface area (Å²) < 4.78 is 5.38. The van der Waals surface area contributed by atoms with Gasteiger partial charge in [-0.15, -0.1) is 0 Å². The van der Waals surface area contributed by atoms with Crippen molar-refractivity contribution < 1.29 is 4.42 Å². The first-order valence-electron chi connectivity index (χ1n) is 6.66. The van der Waals surface area contributed by atoms with E-state index in [-0.39, 0.29) is 5.41 Å². The van der Waals surface area contributed by atoms with E-state index in [1.165, 1.54) is 5.56 Å². The molecule has 19 heavy (non-hydrogen) atoms. The van der Waals surface area contributed by atoms with Gasteiger partial charge in [0.05, 0.1) is 6.26 Å². The van der Waals surface area contributed by atoms with Gasteiger partial charge in [-0.25, -0.2) is 9.97 Å². The quantitative estimate of drug-likeness (QED) is 0.898. The van der Waals surface area contributed by atoms with Crippen LogP contribution in [0.2, 0.25) is 0 Å². The standard InChI is InChI=1S/C15H19N3O/c1-15(2)7-11(16-3)10-9-17-14(18-12(10)8-15)13-5-4-6-19-13/h4-6,9,11,16H,7-8H2,1-3H3. The molecule has 0 fully saturated rings. The van der Waals surface area contributed by atoms with Gasteiger partial charge >= 0.3 is 0 Å². The third-order valence-corrected chi connectivity index (χ3v) is 3.77. The van der Waals surface area contributed by atoms with Crippen LogP contribution in [0.15, 0.2) is 29.0 Å². The minimum atomic E-state index is 0.259. The Labute approximate surface area is 113 Å². The van der Waals surface area contributed by atoms with Crippen LogP contribution in [0.25, 0.3) is 11.6 Å². The summed E-state index contributed by atoms with van der Waals surface area (Å²) in [5, 5.41) is 3.37. The molecule has 1 aliphatic rings. The average Bonchev–Trinajstić information content (AvgIpc) is 2.89. The van der Waals surface area contributed by atoms with Gasteiger partial charge in [0.1, 0.15) is 0 Å². The van der Waals surface area contributed by atoms with E-state index < -0.39 is 0 Å². The Balaban J connectivity index is 2.04. The molecule has 1 unspecified atom stereocenters. The zero-order valence-corrected chi connectivity index (χ0v) is 11.6. The summed E-state index contributed by atoms with van der Waals surface area (Å²) in [6, 6.07) is 4.09. The Kier molecular flexibility index (Phi) is 2.90. The second-order valence-electron chi connectivity index (χ2n) is 5.96. The first-order valence-corrected chi connectivity index (χ1v) is 6.66. The second kappa shape index (κ2) is 4.46. The summed E-state index contributed by atoms with van der Waals surface area (Å²) in [6.07, 6.45) is 5.69. The molecule has 0 aliphatic heterocycles. The van der Waals surface area contributed by atoms with Crippen molar-refractivity contribution in [2.24, 2.45) is 5.41 Å². The molecular formula is C15H19N3O. The second-order valence-corrected chi connectivity index (χ2v) is 5.96. The molecule has 1 atom stereocenters. The van der Waals surface area contributed by atoms with Gasteiger partial charge in [-0.3, -0.25) is 0 Å². The highest BCUT2D eigenvalue weighted by Gasteiger charge is 2.33. The highest BCUT2D eigenvalue weighted by molar-refractivity contribution is 5.47. The van der Waals surface area contributed by atoms with Crippen LogP contribution in [0.3, 0.4) is 0 Å². The third kappa shape index (κ3) is 2.28. The lowest BCUT2D eigenvalue weighted by atomic mass is 9.74. The Morgan fingerprint density at radius 2 is 2.26 bits per heavy atom. The van der Waals surface area contributed by atoms with Crippen molar-refractivity contribution in [1.29, 1.82) is 0 Å². The summed E-state index contributed by atoms with van der Waals surface area (Å²) in [5.74, 6) is 1.41. The molecule has 0 radical (unpaired) electrons. The van der Waals surface area contributed by atoms with Crippen LogP contribution in [-0.4, -0.2) is 17.0 Å². The van der Waals surface area contributed by atoms with E-state index in [1.54, 1.807) is 6.26 Å². The number of aromatic nitrogens is 2. The molecule has 2 aromatic heterocycles. The summed E-state index contributed by atoms with van der Waals surface area (Å²) in [7, 11) is 2.00. The lowest BCUT2D eigenvalue weighted by Crippen LogP contribution is -2.32. The molecule has 0 spiro atoms. The van der Waals surface area contributed by atoms with E-state index >= 15 is 0 Å². The van der Waals surface area contributed by atoms with E-state index in [4.69, 9.17) is 9.40 Å². The summed E-state index contributed by atoms with van der Waals surface area (Å²) >= 11 is 0. The summed E-state index contributed by atoms with van der Waals surface area (Å²) in [4.78, 5) is 9.14. The zero-order valence-electron chi connectivity index (χ0n) is 11.6. The fourth-order valence-corrected chi connectivity index (χ4v) is 2.83. The zero-order chi connectivity index (χ0) is 13.5. The van der Waals surface area contributed by atoms with Crippen LogP contribution in [0.1, 0.15) is 37.6 Å². The molecule has 4 heteroatoms. The van der Waals surface area contributed by atoms with Crippen LogP contribution in [-0.2, 0) is 6.42 Å². The van der Waals surface area contributed by atoms with Crippen LogP contribution >= 0.6 is 0 Å². The molecule has 2 aromatic rings. The summed E-state index contributed by atoms with van der Waals surface area (Å²) in [6.45, 7) is 4.57. The van der Waals surface area contributed by atoms with Crippen molar-refractivity contribution in [2.45, 2.75) is 32.7 Å². The Hall–Kier alpha value is -1.68. The first kappa shape index (κ1) is 12.4. The highest BCUT2D eigenvalue weighted by atomic mass is 16.3. The monoisotopic (exact) mass is 257 g/mol. The molecule has 4 nitrogen and oxygen atoms in total. The number of nitrogens with zero attached hydrogens (tertiary/aromatic N) is 2. The van der Waals surface area contributed by atoms with Gasteiger partial charge in [-0.1, -0.05) is 13.8 Å². The Morgan fingerprint density at radius 1 is 1.42 bits per heavy atom. The van der Waals surface area contributed by atoms with Gasteiger partial charge in [0.15, 0.2) is 11.6 Å². The minimum Gasteiger partial charge on any atom is -0.461 e. The molecule has 0 aromatic carbocycles. The van der Waals surface area contributed by atoms with Crippen molar-refractivity contribution in [3.63, 3.8) is 0 Å². The van der Waals surface area contributed by atoms with E-state index in [1.807, 2.05) is 25.4 Å². The molecule has 0 saturated carbocycles. The number of furan rings is 1. The van der Waals surface area contributed by atoms with Crippen molar-refractivity contribution in [2.75, 3.05) is 7.05 Å². The average molecular weight is 257 g/mol. The van der Waals surface area contributed by atoms with Gasteiger partial charge in [0.25, 0.3) is 0 Å². The normalized spacial score (nSPS) is 21.1. The largest absolute Gasteiger partial charge is 0.461 e. The lowest BCUT2D eigenvalue weighted by molar-refractivity contribution is 0.260. The molecule has 2 heterocycles. The van der Waals surface area contributed by atoms with Crippen molar-refractivity contribution in [3.8, 4) is 11.6 Å². The van der Waals surface area contributed by atoms with Crippen molar-refractivity contribution >= 4 is 0 Å². The van der Waals surface area contributed by atoms with Crippen LogP contribution in [0, 0.1) is 5.41 Å². The first-order chi connectivity index (χ1) is 9.09. The molecule has 0 bridgehead atoms. The highest BCUT2D eigenvalue weighted by Crippen LogP contribution is 2.39. The van der Waals surface area contributed by atoms with Gasteiger partial charge in [0.2, 0.25) is 0 Å². The number of hydrogen-bond donors (Lipinski definition) is 1. The molecular weight excluding hydrogens is 238 g/mol. The van der Waals surface area contributed by atoms with E-state index in [0.717, 1.165) is 24.3 Å². The van der Waals surface area contributed by atoms with Crippen LogP contribution < -0.4 is 5.32 Å². The van der Waals surface area contributed by atoms with E-state index in [2.05, 4.69) is 24.1 Å². The van der Waals surface area contributed by atoms with Gasteiger partial charge in [-0.05, 0) is 37.4 Å². The maximum Gasteiger partial charge on any atom is 0.195 e. The molecule has 3 rings (SSSR count). The van der Waals surface area contributed by atoms with E-state index in [9.17, 15) is 0 Å². The number of nitrogens with one attached hydrogen (secondary N) is 1. The number of hydrogen-bond acceptors (Lipinski definition) is 4. The molecule has 0 saturated heterocycles. The lowest BCUT2D eigenvalue weighted by Gasteiger charge is -2.36. The molecule has 1 N–H and O–H groups in total. The smallest absolute Gasteiger partial charge is 0.195 e. The van der Waals surface area contributed by atoms with Gasteiger partial charge in [-0.2, -0.15) is 0 Å². The Bertz CT molecular complexity index is 575. The van der Waals surface area contributed by atoms with Gasteiger partial charge < -0.3 is 9.73 Å². The maximum atomic E-state index is 5.38. The topological polar surface area (TPSA) is 51.0 Å². The molecule has 1 aliphatic carbocycles. The number of fused-ring (bicyclic) bond motifs is 1.